The fourth-order valence-corrected chi connectivity index (χ4v) is 11.2. The van der Waals surface area contributed by atoms with E-state index in [1.807, 2.05) is 0 Å². The molecule has 0 spiro atoms. The standard InChI is InChI=1S/C30H52O/c1-9-20-21-18-25(2,3)14-15-27(21,6)16-17-29(20,8)30-13-10-22-26(4,5)24(31)11-12-28(22,7)23(30)19-30/h20-24,31H,9-19H2,1-8H3/t20?,21?,22?,23?,24?,27-,28?,29-,30+/m1/s1. The summed E-state index contributed by atoms with van der Waals surface area (Å²) in [6, 6.07) is 0. The van der Waals surface area contributed by atoms with Crippen molar-refractivity contribution in [1.82, 2.24) is 0 Å². The highest BCUT2D eigenvalue weighted by Crippen LogP contribution is 2.83. The van der Waals surface area contributed by atoms with Crippen LogP contribution in [0.25, 0.3) is 0 Å². The summed E-state index contributed by atoms with van der Waals surface area (Å²) in [4.78, 5) is 0. The molecule has 0 aliphatic heterocycles. The van der Waals surface area contributed by atoms with Gasteiger partial charge in [0.1, 0.15) is 0 Å². The van der Waals surface area contributed by atoms with E-state index in [1.165, 1.54) is 64.2 Å². The first-order valence-electron chi connectivity index (χ1n) is 13.9. The lowest BCUT2D eigenvalue weighted by atomic mass is 9.40. The second-order valence-corrected chi connectivity index (χ2v) is 15.4. The quantitative estimate of drug-likeness (QED) is 0.469. The van der Waals surface area contributed by atoms with Gasteiger partial charge in [0.25, 0.3) is 0 Å². The molecule has 5 rings (SSSR count). The summed E-state index contributed by atoms with van der Waals surface area (Å²) in [6.45, 7) is 20.5. The van der Waals surface area contributed by atoms with Crippen LogP contribution in [0.3, 0.4) is 0 Å². The van der Waals surface area contributed by atoms with E-state index in [-0.39, 0.29) is 11.5 Å². The minimum Gasteiger partial charge on any atom is -0.393 e. The molecule has 6 unspecified atom stereocenters. The zero-order valence-electron chi connectivity index (χ0n) is 22.1. The third-order valence-corrected chi connectivity index (χ3v) is 13.4. The Hall–Kier alpha value is -0.0400. The summed E-state index contributed by atoms with van der Waals surface area (Å²) in [5.41, 5.74) is 2.79. The molecule has 5 aliphatic carbocycles. The molecule has 178 valence electrons. The van der Waals surface area contributed by atoms with Crippen LogP contribution in [-0.2, 0) is 0 Å². The van der Waals surface area contributed by atoms with Crippen LogP contribution in [0.5, 0.6) is 0 Å². The van der Waals surface area contributed by atoms with Gasteiger partial charge in [-0.05, 0) is 120 Å². The van der Waals surface area contributed by atoms with Crippen molar-refractivity contribution in [3.63, 3.8) is 0 Å². The summed E-state index contributed by atoms with van der Waals surface area (Å²) in [6.07, 6.45) is 15.1. The molecule has 0 heterocycles. The van der Waals surface area contributed by atoms with Crippen molar-refractivity contribution in [3.05, 3.63) is 0 Å². The van der Waals surface area contributed by atoms with E-state index in [9.17, 15) is 5.11 Å². The molecule has 0 aromatic heterocycles. The molecule has 1 N–H and O–H groups in total. The van der Waals surface area contributed by atoms with Gasteiger partial charge < -0.3 is 5.11 Å². The van der Waals surface area contributed by atoms with E-state index in [1.54, 1.807) is 0 Å². The lowest BCUT2D eigenvalue weighted by Crippen LogP contribution is -2.58. The molecule has 5 aliphatic rings. The van der Waals surface area contributed by atoms with E-state index >= 15 is 0 Å². The predicted octanol–water partition coefficient (Wildman–Crippen LogP) is 8.25. The van der Waals surface area contributed by atoms with Gasteiger partial charge in [-0.15, -0.1) is 0 Å². The summed E-state index contributed by atoms with van der Waals surface area (Å²) >= 11 is 0. The van der Waals surface area contributed by atoms with Crippen LogP contribution in [0, 0.1) is 56.2 Å². The highest BCUT2D eigenvalue weighted by molar-refractivity contribution is 5.24. The summed E-state index contributed by atoms with van der Waals surface area (Å²) in [7, 11) is 0. The zero-order valence-corrected chi connectivity index (χ0v) is 22.1. The zero-order chi connectivity index (χ0) is 22.7. The third-order valence-electron chi connectivity index (χ3n) is 13.4. The molecule has 0 aromatic rings. The summed E-state index contributed by atoms with van der Waals surface area (Å²) in [5.74, 6) is 3.44. The fourth-order valence-electron chi connectivity index (χ4n) is 11.2. The van der Waals surface area contributed by atoms with E-state index in [0.29, 0.717) is 33.0 Å². The third kappa shape index (κ3) is 2.83. The first-order valence-corrected chi connectivity index (χ1v) is 13.9. The molecule has 31 heavy (non-hydrogen) atoms. The number of hydrogen-bond acceptors (Lipinski definition) is 1. The topological polar surface area (TPSA) is 20.2 Å². The average Bonchev–Trinajstić information content (AvgIpc) is 3.45. The van der Waals surface area contributed by atoms with Crippen LogP contribution in [-0.4, -0.2) is 11.2 Å². The number of hydrogen-bond donors (Lipinski definition) is 1. The van der Waals surface area contributed by atoms with E-state index < -0.39 is 0 Å². The molecule has 0 bridgehead atoms. The highest BCUT2D eigenvalue weighted by Gasteiger charge is 2.76. The van der Waals surface area contributed by atoms with Gasteiger partial charge in [0.05, 0.1) is 6.10 Å². The van der Waals surface area contributed by atoms with Crippen LogP contribution >= 0.6 is 0 Å². The SMILES string of the molecule is CCC1C2CC(C)(C)CC[C@]2(C)CC[C@@]1(C)[C@]12CCC3C(C)(C)C(O)CCC3(C)C1C2. The smallest absolute Gasteiger partial charge is 0.0594 e. The molecule has 0 saturated heterocycles. The Kier molecular flexibility index (Phi) is 4.80. The van der Waals surface area contributed by atoms with Gasteiger partial charge in [0, 0.05) is 0 Å². The fraction of sp³-hybridized carbons (Fsp3) is 1.00. The summed E-state index contributed by atoms with van der Waals surface area (Å²) in [5, 5.41) is 10.8. The first kappa shape index (κ1) is 22.7. The molecule has 0 aromatic carbocycles. The van der Waals surface area contributed by atoms with Crippen molar-refractivity contribution in [2.75, 3.05) is 0 Å². The Morgan fingerprint density at radius 1 is 0.742 bits per heavy atom. The highest BCUT2D eigenvalue weighted by atomic mass is 16.3. The predicted molar refractivity (Wildman–Crippen MR) is 131 cm³/mol. The van der Waals surface area contributed by atoms with Crippen molar-refractivity contribution in [3.8, 4) is 0 Å². The second-order valence-electron chi connectivity index (χ2n) is 15.4. The first-order chi connectivity index (χ1) is 14.3. The van der Waals surface area contributed by atoms with Crippen molar-refractivity contribution >= 4 is 0 Å². The summed E-state index contributed by atoms with van der Waals surface area (Å²) < 4.78 is 0. The number of fused-ring (bicyclic) bond motifs is 4. The number of aliphatic hydroxyl groups is 1. The van der Waals surface area contributed by atoms with Crippen molar-refractivity contribution in [2.24, 2.45) is 56.2 Å². The Morgan fingerprint density at radius 3 is 2.10 bits per heavy atom. The lowest BCUT2D eigenvalue weighted by Gasteiger charge is -2.64. The van der Waals surface area contributed by atoms with Gasteiger partial charge in [0.2, 0.25) is 0 Å². The molecule has 9 atom stereocenters. The number of rotatable bonds is 2. The average molecular weight is 429 g/mol. The molecule has 5 fully saturated rings. The van der Waals surface area contributed by atoms with Gasteiger partial charge in [-0.3, -0.25) is 0 Å². The second kappa shape index (κ2) is 6.55. The molecule has 0 radical (unpaired) electrons. The number of aliphatic hydroxyl groups excluding tert-OH is 1. The van der Waals surface area contributed by atoms with Crippen LogP contribution < -0.4 is 0 Å². The van der Waals surface area contributed by atoms with Crippen LogP contribution in [0.4, 0.5) is 0 Å². The van der Waals surface area contributed by atoms with Crippen LogP contribution in [0.2, 0.25) is 0 Å². The monoisotopic (exact) mass is 428 g/mol. The van der Waals surface area contributed by atoms with Gasteiger partial charge in [-0.1, -0.05) is 61.8 Å². The van der Waals surface area contributed by atoms with Gasteiger partial charge in [-0.2, -0.15) is 0 Å². The van der Waals surface area contributed by atoms with Crippen LogP contribution in [0.1, 0.15) is 126 Å². The molecular weight excluding hydrogens is 376 g/mol. The molecule has 1 heteroatoms. The Morgan fingerprint density at radius 2 is 1.42 bits per heavy atom. The van der Waals surface area contributed by atoms with Crippen LogP contribution in [0.15, 0.2) is 0 Å². The van der Waals surface area contributed by atoms with Gasteiger partial charge >= 0.3 is 0 Å². The molecule has 1 nitrogen and oxygen atoms in total. The Balaban J connectivity index is 1.48. The molecule has 0 amide bonds. The largest absolute Gasteiger partial charge is 0.393 e. The maximum absolute atomic E-state index is 10.8. The van der Waals surface area contributed by atoms with Gasteiger partial charge in [0.15, 0.2) is 0 Å². The van der Waals surface area contributed by atoms with E-state index in [4.69, 9.17) is 0 Å². The minimum absolute atomic E-state index is 0.0886. The van der Waals surface area contributed by atoms with E-state index in [2.05, 4.69) is 55.4 Å². The molecular formula is C30H52O. The maximum Gasteiger partial charge on any atom is 0.0594 e. The van der Waals surface area contributed by atoms with Crippen molar-refractivity contribution < 1.29 is 5.11 Å². The normalized spacial score (nSPS) is 57.4. The van der Waals surface area contributed by atoms with Crippen molar-refractivity contribution in [2.45, 2.75) is 132 Å². The van der Waals surface area contributed by atoms with E-state index in [0.717, 1.165) is 24.2 Å². The van der Waals surface area contributed by atoms with Crippen molar-refractivity contribution in [1.29, 1.82) is 0 Å². The molecule has 5 saturated carbocycles. The lowest BCUT2D eigenvalue weighted by molar-refractivity contribution is -0.167. The maximum atomic E-state index is 10.8. The Bertz CT molecular complexity index is 737. The minimum atomic E-state index is -0.101. The Labute approximate surface area is 193 Å². The van der Waals surface area contributed by atoms with Gasteiger partial charge in [-0.25, -0.2) is 0 Å².